The van der Waals surface area contributed by atoms with Gasteiger partial charge >= 0.3 is 0 Å². The molecule has 0 heterocycles. The topological polar surface area (TPSA) is 12.0 Å². The van der Waals surface area contributed by atoms with Gasteiger partial charge in [0.25, 0.3) is 0 Å². The van der Waals surface area contributed by atoms with E-state index in [-0.39, 0.29) is 0 Å². The molecule has 17 heavy (non-hydrogen) atoms. The van der Waals surface area contributed by atoms with Crippen LogP contribution in [0.3, 0.4) is 0 Å². The molecule has 0 unspecified atom stereocenters. The molecule has 2 aromatic carbocycles. The molecule has 0 bridgehead atoms. The average Bonchev–Trinajstić information content (AvgIpc) is 2.32. The summed E-state index contributed by atoms with van der Waals surface area (Å²) in [4.78, 5) is 0. The fraction of sp³-hybridized carbons (Fsp3) is 0.0769. The molecule has 4 heteroatoms. The number of benzene rings is 2. The van der Waals surface area contributed by atoms with E-state index in [0.29, 0.717) is 5.02 Å². The van der Waals surface area contributed by atoms with E-state index in [9.17, 15) is 0 Å². The molecule has 2 aromatic rings. The van der Waals surface area contributed by atoms with Gasteiger partial charge in [0.1, 0.15) is 0 Å². The Morgan fingerprint density at radius 2 is 1.59 bits per heavy atom. The molecule has 88 valence electrons. The first kappa shape index (κ1) is 12.7. The van der Waals surface area contributed by atoms with E-state index in [1.807, 2.05) is 42.5 Å². The third-order valence-corrected chi connectivity index (χ3v) is 3.50. The van der Waals surface area contributed by atoms with Crippen LogP contribution in [-0.4, -0.2) is 0 Å². The standard InChI is InChI=1S/C13H10BrCl2N/c14-12-6-5-11(16)7-13(12)17-8-9-1-3-10(15)4-2-9/h1-7,17H,8H2. The van der Waals surface area contributed by atoms with E-state index in [2.05, 4.69) is 21.2 Å². The molecule has 0 aliphatic rings. The summed E-state index contributed by atoms with van der Waals surface area (Å²) in [7, 11) is 0. The molecule has 0 spiro atoms. The predicted octanol–water partition coefficient (Wildman–Crippen LogP) is 5.37. The molecule has 0 aliphatic heterocycles. The Balaban J connectivity index is 2.07. The molecule has 0 saturated carbocycles. The minimum absolute atomic E-state index is 0.715. The van der Waals surface area contributed by atoms with Gasteiger partial charge in [-0.25, -0.2) is 0 Å². The Kier molecular flexibility index (Phi) is 4.32. The molecule has 0 radical (unpaired) electrons. The van der Waals surface area contributed by atoms with Crippen LogP contribution in [0.2, 0.25) is 10.0 Å². The third-order valence-electron chi connectivity index (χ3n) is 2.32. The van der Waals surface area contributed by atoms with Crippen molar-refractivity contribution in [2.45, 2.75) is 6.54 Å². The fourth-order valence-electron chi connectivity index (χ4n) is 1.43. The molecular formula is C13H10BrCl2N. The van der Waals surface area contributed by atoms with Gasteiger partial charge < -0.3 is 5.32 Å². The normalized spacial score (nSPS) is 10.3. The van der Waals surface area contributed by atoms with E-state index in [1.54, 1.807) is 0 Å². The lowest BCUT2D eigenvalue weighted by atomic mass is 10.2. The minimum atomic E-state index is 0.715. The highest BCUT2D eigenvalue weighted by Crippen LogP contribution is 2.26. The second-order valence-corrected chi connectivity index (χ2v) is 5.33. The summed E-state index contributed by atoms with van der Waals surface area (Å²) in [5, 5.41) is 4.78. The molecular weight excluding hydrogens is 321 g/mol. The van der Waals surface area contributed by atoms with Crippen molar-refractivity contribution in [3.63, 3.8) is 0 Å². The summed E-state index contributed by atoms with van der Waals surface area (Å²) in [5.41, 5.74) is 2.15. The number of hydrogen-bond acceptors (Lipinski definition) is 1. The molecule has 0 saturated heterocycles. The summed E-state index contributed by atoms with van der Waals surface area (Å²) >= 11 is 15.2. The number of hydrogen-bond donors (Lipinski definition) is 1. The van der Waals surface area contributed by atoms with Gasteiger partial charge in [0.15, 0.2) is 0 Å². The SMILES string of the molecule is Clc1ccc(CNc2cc(Cl)ccc2Br)cc1. The first-order valence-electron chi connectivity index (χ1n) is 5.08. The third kappa shape index (κ3) is 3.63. The van der Waals surface area contributed by atoms with E-state index in [4.69, 9.17) is 23.2 Å². The van der Waals surface area contributed by atoms with Crippen molar-refractivity contribution in [2.24, 2.45) is 0 Å². The molecule has 2 rings (SSSR count). The number of anilines is 1. The minimum Gasteiger partial charge on any atom is -0.380 e. The zero-order valence-electron chi connectivity index (χ0n) is 8.88. The second kappa shape index (κ2) is 5.76. The molecule has 1 N–H and O–H groups in total. The zero-order valence-corrected chi connectivity index (χ0v) is 12.0. The van der Waals surface area contributed by atoms with Gasteiger partial charge in [-0.15, -0.1) is 0 Å². The second-order valence-electron chi connectivity index (χ2n) is 3.60. The van der Waals surface area contributed by atoms with Crippen molar-refractivity contribution < 1.29 is 0 Å². The van der Waals surface area contributed by atoms with Crippen LogP contribution in [-0.2, 0) is 6.54 Å². The van der Waals surface area contributed by atoms with Crippen LogP contribution < -0.4 is 5.32 Å². The maximum Gasteiger partial charge on any atom is 0.0502 e. The van der Waals surface area contributed by atoms with Crippen LogP contribution in [0.4, 0.5) is 5.69 Å². The van der Waals surface area contributed by atoms with Gasteiger partial charge in [0.05, 0.1) is 5.69 Å². The van der Waals surface area contributed by atoms with Crippen LogP contribution >= 0.6 is 39.1 Å². The van der Waals surface area contributed by atoms with Crippen molar-refractivity contribution >= 4 is 44.8 Å². The van der Waals surface area contributed by atoms with Crippen LogP contribution in [0.25, 0.3) is 0 Å². The summed E-state index contributed by atoms with van der Waals surface area (Å²) < 4.78 is 0.996. The zero-order chi connectivity index (χ0) is 12.3. The fourth-order valence-corrected chi connectivity index (χ4v) is 2.12. The lowest BCUT2D eigenvalue weighted by Gasteiger charge is -2.09. The Morgan fingerprint density at radius 3 is 2.29 bits per heavy atom. The van der Waals surface area contributed by atoms with E-state index in [1.165, 1.54) is 5.56 Å². The van der Waals surface area contributed by atoms with Crippen LogP contribution in [0.5, 0.6) is 0 Å². The van der Waals surface area contributed by atoms with Gasteiger partial charge in [-0.3, -0.25) is 0 Å². The molecule has 0 aliphatic carbocycles. The number of nitrogens with one attached hydrogen (secondary N) is 1. The Bertz CT molecular complexity index is 511. The van der Waals surface area contributed by atoms with Crippen molar-refractivity contribution in [1.29, 1.82) is 0 Å². The summed E-state index contributed by atoms with van der Waals surface area (Å²) in [5.74, 6) is 0. The number of rotatable bonds is 3. The van der Waals surface area contributed by atoms with Crippen LogP contribution in [0, 0.1) is 0 Å². The lowest BCUT2D eigenvalue weighted by Crippen LogP contribution is -1.99. The van der Waals surface area contributed by atoms with Crippen LogP contribution in [0.15, 0.2) is 46.9 Å². The maximum atomic E-state index is 5.94. The van der Waals surface area contributed by atoms with E-state index < -0.39 is 0 Å². The Labute approximate surface area is 119 Å². The van der Waals surface area contributed by atoms with Crippen molar-refractivity contribution in [1.82, 2.24) is 0 Å². The van der Waals surface area contributed by atoms with Gasteiger partial charge in [-0.1, -0.05) is 35.3 Å². The molecule has 0 aromatic heterocycles. The molecule has 1 nitrogen and oxygen atoms in total. The largest absolute Gasteiger partial charge is 0.380 e. The average molecular weight is 331 g/mol. The maximum absolute atomic E-state index is 5.94. The van der Waals surface area contributed by atoms with Crippen molar-refractivity contribution in [3.8, 4) is 0 Å². The van der Waals surface area contributed by atoms with E-state index >= 15 is 0 Å². The van der Waals surface area contributed by atoms with Crippen molar-refractivity contribution in [2.75, 3.05) is 5.32 Å². The number of halogens is 3. The Hall–Kier alpha value is -0.700. The Morgan fingerprint density at radius 1 is 0.941 bits per heavy atom. The predicted molar refractivity (Wildman–Crippen MR) is 77.9 cm³/mol. The summed E-state index contributed by atoms with van der Waals surface area (Å²) in [6, 6.07) is 13.4. The highest BCUT2D eigenvalue weighted by atomic mass is 79.9. The quantitative estimate of drug-likeness (QED) is 0.797. The summed E-state index contributed by atoms with van der Waals surface area (Å²) in [6.45, 7) is 0.732. The first-order valence-corrected chi connectivity index (χ1v) is 6.63. The van der Waals surface area contributed by atoms with E-state index in [0.717, 1.165) is 21.7 Å². The lowest BCUT2D eigenvalue weighted by molar-refractivity contribution is 1.15. The van der Waals surface area contributed by atoms with Gasteiger partial charge in [0, 0.05) is 21.1 Å². The van der Waals surface area contributed by atoms with Gasteiger partial charge in [-0.2, -0.15) is 0 Å². The molecule has 0 atom stereocenters. The smallest absolute Gasteiger partial charge is 0.0502 e. The summed E-state index contributed by atoms with van der Waals surface area (Å²) in [6.07, 6.45) is 0. The van der Waals surface area contributed by atoms with Gasteiger partial charge in [-0.05, 0) is 51.8 Å². The monoisotopic (exact) mass is 329 g/mol. The van der Waals surface area contributed by atoms with Crippen LogP contribution in [0.1, 0.15) is 5.56 Å². The first-order chi connectivity index (χ1) is 8.15. The highest BCUT2D eigenvalue weighted by Gasteiger charge is 2.00. The van der Waals surface area contributed by atoms with Crippen molar-refractivity contribution in [3.05, 3.63) is 62.5 Å². The molecule has 0 fully saturated rings. The molecule has 0 amide bonds. The highest BCUT2D eigenvalue weighted by molar-refractivity contribution is 9.10. The van der Waals surface area contributed by atoms with Gasteiger partial charge in [0.2, 0.25) is 0 Å².